The third-order valence-electron chi connectivity index (χ3n) is 3.02. The highest BCUT2D eigenvalue weighted by atomic mass is 35.5. The maximum Gasteiger partial charge on any atom is 0.312 e. The average Bonchev–Trinajstić information content (AvgIpc) is 2.67. The van der Waals surface area contributed by atoms with Gasteiger partial charge in [-0.1, -0.05) is 11.6 Å². The van der Waals surface area contributed by atoms with Crippen molar-refractivity contribution >= 4 is 28.9 Å². The Morgan fingerprint density at radius 3 is 2.73 bits per heavy atom. The molecule has 1 aromatic carbocycles. The van der Waals surface area contributed by atoms with E-state index < -0.39 is 16.6 Å². The van der Waals surface area contributed by atoms with Gasteiger partial charge in [0.2, 0.25) is 5.91 Å². The van der Waals surface area contributed by atoms with Crippen LogP contribution in [0.15, 0.2) is 18.2 Å². The lowest BCUT2D eigenvalue weighted by Crippen LogP contribution is -2.21. The lowest BCUT2D eigenvalue weighted by atomic mass is 10.3. The monoisotopic (exact) mass is 326 g/mol. The largest absolute Gasteiger partial charge is 0.322 e. The number of carbonyl (C=O) groups excluding carboxylic acids is 1. The van der Waals surface area contributed by atoms with Gasteiger partial charge in [0, 0.05) is 5.02 Å². The lowest BCUT2D eigenvalue weighted by molar-refractivity contribution is -0.386. The van der Waals surface area contributed by atoms with E-state index in [0.29, 0.717) is 0 Å². The Balaban J connectivity index is 2.16. The zero-order chi connectivity index (χ0) is 16.4. The van der Waals surface area contributed by atoms with Crippen LogP contribution in [0.2, 0.25) is 5.02 Å². The van der Waals surface area contributed by atoms with E-state index in [1.807, 2.05) is 0 Å². The number of amides is 1. The molecule has 1 amide bonds. The molecule has 1 heterocycles. The topological polar surface area (TPSA) is 90.1 Å². The van der Waals surface area contributed by atoms with Gasteiger partial charge in [-0.25, -0.2) is 4.39 Å². The Kier molecular flexibility index (Phi) is 4.41. The van der Waals surface area contributed by atoms with Crippen LogP contribution in [0.5, 0.6) is 0 Å². The maximum atomic E-state index is 13.6. The molecule has 0 aliphatic carbocycles. The van der Waals surface area contributed by atoms with Crippen molar-refractivity contribution in [1.29, 1.82) is 0 Å². The molecule has 0 fully saturated rings. The second kappa shape index (κ2) is 6.10. The molecule has 0 radical (unpaired) electrons. The second-order valence-electron chi connectivity index (χ2n) is 4.61. The van der Waals surface area contributed by atoms with Crippen LogP contribution in [-0.2, 0) is 11.3 Å². The van der Waals surface area contributed by atoms with E-state index in [2.05, 4.69) is 10.4 Å². The molecular weight excluding hydrogens is 315 g/mol. The predicted octanol–water partition coefficient (Wildman–Crippen LogP) is 2.84. The van der Waals surface area contributed by atoms with Crippen LogP contribution in [0.25, 0.3) is 0 Å². The smallest absolute Gasteiger partial charge is 0.312 e. The molecule has 2 rings (SSSR count). The molecule has 7 nitrogen and oxygen atoms in total. The van der Waals surface area contributed by atoms with Crippen molar-refractivity contribution in [3.8, 4) is 0 Å². The van der Waals surface area contributed by atoms with E-state index >= 15 is 0 Å². The summed E-state index contributed by atoms with van der Waals surface area (Å²) in [6, 6.07) is 3.85. The molecule has 2 aromatic rings. The lowest BCUT2D eigenvalue weighted by Gasteiger charge is -2.07. The number of rotatable bonds is 4. The van der Waals surface area contributed by atoms with Crippen LogP contribution in [0.4, 0.5) is 15.8 Å². The Morgan fingerprint density at radius 1 is 1.50 bits per heavy atom. The van der Waals surface area contributed by atoms with E-state index in [9.17, 15) is 19.3 Å². The molecule has 1 aromatic heterocycles. The number of aromatic nitrogens is 2. The Bertz CT molecular complexity index is 760. The molecule has 0 unspecified atom stereocenters. The Morgan fingerprint density at radius 2 is 2.18 bits per heavy atom. The number of nitro groups is 1. The highest BCUT2D eigenvalue weighted by molar-refractivity contribution is 6.30. The zero-order valence-electron chi connectivity index (χ0n) is 11.8. The number of aryl methyl sites for hydroxylation is 1. The summed E-state index contributed by atoms with van der Waals surface area (Å²) in [5.74, 6) is -1.22. The van der Waals surface area contributed by atoms with Crippen LogP contribution in [-0.4, -0.2) is 20.6 Å². The number of benzene rings is 1. The molecule has 0 aliphatic rings. The highest BCUT2D eigenvalue weighted by Crippen LogP contribution is 2.22. The van der Waals surface area contributed by atoms with Gasteiger partial charge in [0.1, 0.15) is 23.7 Å². The summed E-state index contributed by atoms with van der Waals surface area (Å²) in [5, 5.41) is 17.4. The van der Waals surface area contributed by atoms with E-state index in [4.69, 9.17) is 11.6 Å². The first-order valence-electron chi connectivity index (χ1n) is 6.23. The third kappa shape index (κ3) is 3.22. The van der Waals surface area contributed by atoms with Gasteiger partial charge in [-0.3, -0.25) is 19.6 Å². The van der Waals surface area contributed by atoms with Crippen LogP contribution < -0.4 is 5.32 Å². The van der Waals surface area contributed by atoms with Crippen molar-refractivity contribution in [2.24, 2.45) is 0 Å². The van der Waals surface area contributed by atoms with E-state index in [1.54, 1.807) is 0 Å². The fourth-order valence-corrected chi connectivity index (χ4v) is 2.18. The van der Waals surface area contributed by atoms with Crippen LogP contribution in [0.1, 0.15) is 11.4 Å². The fraction of sp³-hybridized carbons (Fsp3) is 0.231. The molecule has 9 heteroatoms. The summed E-state index contributed by atoms with van der Waals surface area (Å²) < 4.78 is 14.8. The summed E-state index contributed by atoms with van der Waals surface area (Å²) >= 11 is 5.62. The number of anilines is 1. The van der Waals surface area contributed by atoms with Crippen molar-refractivity contribution in [3.63, 3.8) is 0 Å². The fourth-order valence-electron chi connectivity index (χ4n) is 2.02. The standard InChI is InChI=1S/C13H12ClFN4O3/c1-7-13(19(21)22)8(2)18(17-7)6-12(20)16-11-4-3-9(14)5-10(11)15/h3-5H,6H2,1-2H3,(H,16,20). The molecular formula is C13H12ClFN4O3. The van der Waals surface area contributed by atoms with Crippen LogP contribution in [0, 0.1) is 29.8 Å². The number of nitrogens with zero attached hydrogens (tertiary/aromatic N) is 3. The first-order valence-corrected chi connectivity index (χ1v) is 6.60. The summed E-state index contributed by atoms with van der Waals surface area (Å²) in [4.78, 5) is 22.3. The first kappa shape index (κ1) is 15.9. The number of hydrogen-bond acceptors (Lipinski definition) is 4. The summed E-state index contributed by atoms with van der Waals surface area (Å²) in [7, 11) is 0. The SMILES string of the molecule is Cc1nn(CC(=O)Nc2ccc(Cl)cc2F)c(C)c1[N+](=O)[O-]. The predicted molar refractivity (Wildman–Crippen MR) is 78.4 cm³/mol. The second-order valence-corrected chi connectivity index (χ2v) is 5.04. The molecule has 0 spiro atoms. The van der Waals surface area contributed by atoms with Gasteiger partial charge in [-0.15, -0.1) is 0 Å². The molecule has 0 bridgehead atoms. The van der Waals surface area contributed by atoms with E-state index in [-0.39, 0.29) is 34.3 Å². The van der Waals surface area contributed by atoms with Crippen molar-refractivity contribution in [3.05, 3.63) is 50.5 Å². The molecule has 0 aliphatic heterocycles. The normalized spacial score (nSPS) is 10.5. The van der Waals surface area contributed by atoms with Crippen molar-refractivity contribution in [2.75, 3.05) is 5.32 Å². The van der Waals surface area contributed by atoms with Gasteiger partial charge < -0.3 is 5.32 Å². The number of hydrogen-bond donors (Lipinski definition) is 1. The minimum absolute atomic E-state index is 0.0227. The van der Waals surface area contributed by atoms with Crippen molar-refractivity contribution < 1.29 is 14.1 Å². The number of nitrogens with one attached hydrogen (secondary N) is 1. The average molecular weight is 327 g/mol. The minimum atomic E-state index is -0.666. The van der Waals surface area contributed by atoms with Gasteiger partial charge in [0.05, 0.1) is 10.6 Å². The summed E-state index contributed by atoms with van der Waals surface area (Å²) in [6.07, 6.45) is 0. The molecule has 0 saturated heterocycles. The van der Waals surface area contributed by atoms with Crippen molar-refractivity contribution in [1.82, 2.24) is 9.78 Å². The molecule has 0 saturated carbocycles. The highest BCUT2D eigenvalue weighted by Gasteiger charge is 2.22. The molecule has 0 atom stereocenters. The molecule has 1 N–H and O–H groups in total. The summed E-state index contributed by atoms with van der Waals surface area (Å²) in [6.45, 7) is 2.72. The molecule has 22 heavy (non-hydrogen) atoms. The van der Waals surface area contributed by atoms with Gasteiger partial charge in [0.25, 0.3) is 0 Å². The van der Waals surface area contributed by atoms with E-state index in [0.717, 1.165) is 6.07 Å². The Hall–Kier alpha value is -2.48. The van der Waals surface area contributed by atoms with Crippen LogP contribution >= 0.6 is 11.6 Å². The third-order valence-corrected chi connectivity index (χ3v) is 3.26. The van der Waals surface area contributed by atoms with Crippen molar-refractivity contribution in [2.45, 2.75) is 20.4 Å². The maximum absolute atomic E-state index is 13.6. The van der Waals surface area contributed by atoms with E-state index in [1.165, 1.54) is 30.7 Å². The van der Waals surface area contributed by atoms with Crippen LogP contribution in [0.3, 0.4) is 0 Å². The number of halogens is 2. The quantitative estimate of drug-likeness (QED) is 0.691. The van der Waals surface area contributed by atoms with Gasteiger partial charge >= 0.3 is 5.69 Å². The zero-order valence-corrected chi connectivity index (χ0v) is 12.5. The van der Waals surface area contributed by atoms with Gasteiger partial charge in [-0.05, 0) is 32.0 Å². The summed E-state index contributed by atoms with van der Waals surface area (Å²) in [5.41, 5.74) is 0.318. The Labute approximate surface area is 129 Å². The van der Waals surface area contributed by atoms with Gasteiger partial charge in [-0.2, -0.15) is 5.10 Å². The minimum Gasteiger partial charge on any atom is -0.322 e. The van der Waals surface area contributed by atoms with Gasteiger partial charge in [0.15, 0.2) is 0 Å². The first-order chi connectivity index (χ1) is 10.3. The number of carbonyl (C=O) groups is 1. The molecule has 116 valence electrons.